The minimum Gasteiger partial charge on any atom is -0.226 e. The van der Waals surface area contributed by atoms with Gasteiger partial charge in [-0.15, -0.1) is 0 Å². The molecule has 0 fully saturated rings. The van der Waals surface area contributed by atoms with Gasteiger partial charge in [-0.25, -0.2) is 10.3 Å². The summed E-state index contributed by atoms with van der Waals surface area (Å²) in [6.07, 6.45) is 0. The van der Waals surface area contributed by atoms with Crippen molar-refractivity contribution in [2.24, 2.45) is 4.99 Å². The van der Waals surface area contributed by atoms with Gasteiger partial charge in [0.05, 0.1) is 11.4 Å². The highest BCUT2D eigenvalue weighted by Crippen LogP contribution is 2.12. The van der Waals surface area contributed by atoms with Gasteiger partial charge in [-0.2, -0.15) is 0 Å². The zero-order valence-corrected chi connectivity index (χ0v) is 6.36. The number of hydrogen-bond donors (Lipinski definition) is 0. The zero-order valence-electron chi connectivity index (χ0n) is 4.77. The molecule has 1 aliphatic rings. The van der Waals surface area contributed by atoms with Crippen LogP contribution in [0.1, 0.15) is 13.8 Å². The van der Waals surface area contributed by atoms with Crippen molar-refractivity contribution in [3.63, 3.8) is 0 Å². The Hall–Kier alpha value is -0.310. The molecule has 0 aliphatic carbocycles. The van der Waals surface area contributed by atoms with Crippen LogP contribution in [-0.2, 0) is 0 Å². The van der Waals surface area contributed by atoms with Crippen LogP contribution in [0.2, 0.25) is 0 Å². The third-order valence-electron chi connectivity index (χ3n) is 1.04. The number of aliphatic imine (C=N–C) groups is 1. The number of halogens is 1. The first-order chi connectivity index (χ1) is 3.70. The molecule has 0 saturated heterocycles. The van der Waals surface area contributed by atoms with Gasteiger partial charge in [0.25, 0.3) is 0 Å². The van der Waals surface area contributed by atoms with E-state index >= 15 is 0 Å². The standard InChI is InChI=1S/C5H6BrN2/c1-3-4(2)8-5(6)7-3/h1-2H3. The van der Waals surface area contributed by atoms with E-state index in [1.54, 1.807) is 0 Å². The number of amidine groups is 1. The highest BCUT2D eigenvalue weighted by atomic mass is 79.9. The fourth-order valence-electron chi connectivity index (χ4n) is 0.464. The van der Waals surface area contributed by atoms with E-state index < -0.39 is 0 Å². The monoisotopic (exact) mass is 173 g/mol. The first-order valence-electron chi connectivity index (χ1n) is 2.33. The predicted octanol–water partition coefficient (Wildman–Crippen LogP) is 1.61. The van der Waals surface area contributed by atoms with Crippen LogP contribution in [0.3, 0.4) is 0 Å². The molecule has 43 valence electrons. The van der Waals surface area contributed by atoms with E-state index in [4.69, 9.17) is 0 Å². The minimum absolute atomic E-state index is 0.688. The molecule has 8 heavy (non-hydrogen) atoms. The van der Waals surface area contributed by atoms with Gasteiger partial charge in [0.15, 0.2) is 4.74 Å². The van der Waals surface area contributed by atoms with E-state index in [2.05, 4.69) is 26.2 Å². The summed E-state index contributed by atoms with van der Waals surface area (Å²) in [7, 11) is 0. The van der Waals surface area contributed by atoms with Gasteiger partial charge in [-0.1, -0.05) is 0 Å². The quantitative estimate of drug-likeness (QED) is 0.498. The summed E-state index contributed by atoms with van der Waals surface area (Å²) in [5.41, 5.74) is 1.99. The van der Waals surface area contributed by atoms with E-state index in [1.165, 1.54) is 0 Å². The second kappa shape index (κ2) is 1.90. The Morgan fingerprint density at radius 2 is 1.88 bits per heavy atom. The molecule has 0 aromatic heterocycles. The number of hydrogen-bond acceptors (Lipinski definition) is 1. The molecule has 3 heteroatoms. The summed E-state index contributed by atoms with van der Waals surface area (Å²) in [5.74, 6) is 0. The van der Waals surface area contributed by atoms with Crippen molar-refractivity contribution in [3.05, 3.63) is 11.4 Å². The molecular formula is C5H6BrN2. The number of allylic oxidation sites excluding steroid dienone is 2. The summed E-state index contributed by atoms with van der Waals surface area (Å²) < 4.78 is 0.688. The Morgan fingerprint density at radius 3 is 2.00 bits per heavy atom. The fourth-order valence-corrected chi connectivity index (χ4v) is 0.996. The molecule has 0 bridgehead atoms. The zero-order chi connectivity index (χ0) is 6.15. The van der Waals surface area contributed by atoms with Crippen molar-refractivity contribution < 1.29 is 0 Å². The molecular weight excluding hydrogens is 168 g/mol. The Bertz CT molecular complexity index is 169. The molecule has 0 spiro atoms. The maximum atomic E-state index is 4.02. The Labute approximate surface area is 56.8 Å². The molecule has 0 unspecified atom stereocenters. The summed E-state index contributed by atoms with van der Waals surface area (Å²) in [5, 5.41) is 4.02. The SMILES string of the molecule is CC1=C(C)N=C(Br)[N]1. The van der Waals surface area contributed by atoms with Crippen LogP contribution in [0, 0.1) is 0 Å². The van der Waals surface area contributed by atoms with Crippen molar-refractivity contribution in [3.8, 4) is 0 Å². The molecule has 0 amide bonds. The normalized spacial score (nSPS) is 18.6. The van der Waals surface area contributed by atoms with Crippen LogP contribution < -0.4 is 5.32 Å². The molecule has 0 N–H and O–H groups in total. The maximum Gasteiger partial charge on any atom is 0.197 e. The smallest absolute Gasteiger partial charge is 0.197 e. The van der Waals surface area contributed by atoms with Crippen LogP contribution in [0.4, 0.5) is 0 Å². The molecule has 1 heterocycles. The van der Waals surface area contributed by atoms with Crippen LogP contribution in [-0.4, -0.2) is 4.74 Å². The molecule has 1 aliphatic heterocycles. The van der Waals surface area contributed by atoms with Crippen LogP contribution in [0.15, 0.2) is 16.4 Å². The first-order valence-corrected chi connectivity index (χ1v) is 3.13. The van der Waals surface area contributed by atoms with Crippen LogP contribution in [0.25, 0.3) is 0 Å². The van der Waals surface area contributed by atoms with Crippen LogP contribution in [0.5, 0.6) is 0 Å². The lowest BCUT2D eigenvalue weighted by Gasteiger charge is -1.86. The third kappa shape index (κ3) is 0.916. The topological polar surface area (TPSA) is 26.5 Å². The van der Waals surface area contributed by atoms with Gasteiger partial charge in [0.2, 0.25) is 0 Å². The lowest BCUT2D eigenvalue weighted by molar-refractivity contribution is 1.12. The van der Waals surface area contributed by atoms with Crippen molar-refractivity contribution in [2.75, 3.05) is 0 Å². The second-order valence-corrected chi connectivity index (χ2v) is 2.37. The molecule has 0 aromatic rings. The lowest BCUT2D eigenvalue weighted by atomic mass is 10.4. The predicted molar refractivity (Wildman–Crippen MR) is 36.9 cm³/mol. The lowest BCUT2D eigenvalue weighted by Crippen LogP contribution is -1.99. The second-order valence-electron chi connectivity index (χ2n) is 1.66. The highest BCUT2D eigenvalue weighted by molar-refractivity contribution is 9.18. The summed E-state index contributed by atoms with van der Waals surface area (Å²) >= 11 is 3.16. The van der Waals surface area contributed by atoms with E-state index in [0.29, 0.717) is 4.74 Å². The first kappa shape index (κ1) is 5.82. The fraction of sp³-hybridized carbons (Fsp3) is 0.400. The van der Waals surface area contributed by atoms with Crippen molar-refractivity contribution in [2.45, 2.75) is 13.8 Å². The van der Waals surface area contributed by atoms with Gasteiger partial charge >= 0.3 is 0 Å². The molecule has 0 atom stereocenters. The Kier molecular flexibility index (Phi) is 1.38. The minimum atomic E-state index is 0.688. The third-order valence-corrected chi connectivity index (χ3v) is 1.40. The molecule has 0 saturated carbocycles. The van der Waals surface area contributed by atoms with E-state index in [9.17, 15) is 0 Å². The van der Waals surface area contributed by atoms with Gasteiger partial charge in [-0.05, 0) is 29.8 Å². The van der Waals surface area contributed by atoms with E-state index in [-0.39, 0.29) is 0 Å². The summed E-state index contributed by atoms with van der Waals surface area (Å²) in [6, 6.07) is 0. The molecule has 1 rings (SSSR count). The molecule has 1 radical (unpaired) electrons. The Morgan fingerprint density at radius 1 is 1.25 bits per heavy atom. The summed E-state index contributed by atoms with van der Waals surface area (Å²) in [6.45, 7) is 3.88. The van der Waals surface area contributed by atoms with E-state index in [0.717, 1.165) is 11.4 Å². The van der Waals surface area contributed by atoms with Gasteiger partial charge in [0, 0.05) is 0 Å². The average Bonchev–Trinajstić information content (AvgIpc) is 1.85. The summed E-state index contributed by atoms with van der Waals surface area (Å²) in [4.78, 5) is 4.02. The molecule has 0 aromatic carbocycles. The van der Waals surface area contributed by atoms with Gasteiger partial charge in [0.1, 0.15) is 0 Å². The Balaban J connectivity index is 2.79. The van der Waals surface area contributed by atoms with Crippen molar-refractivity contribution in [1.82, 2.24) is 5.32 Å². The maximum absolute atomic E-state index is 4.02. The molecule has 2 nitrogen and oxygen atoms in total. The van der Waals surface area contributed by atoms with E-state index in [1.807, 2.05) is 13.8 Å². The average molecular weight is 174 g/mol. The van der Waals surface area contributed by atoms with Crippen molar-refractivity contribution in [1.29, 1.82) is 0 Å². The van der Waals surface area contributed by atoms with Crippen LogP contribution >= 0.6 is 15.9 Å². The number of nitrogens with zero attached hydrogens (tertiary/aromatic N) is 2. The number of rotatable bonds is 0. The van der Waals surface area contributed by atoms with Gasteiger partial charge in [-0.3, -0.25) is 0 Å². The highest BCUT2D eigenvalue weighted by Gasteiger charge is 2.07. The van der Waals surface area contributed by atoms with Crippen molar-refractivity contribution >= 4 is 20.7 Å². The largest absolute Gasteiger partial charge is 0.226 e. The van der Waals surface area contributed by atoms with Gasteiger partial charge < -0.3 is 0 Å².